The fourth-order valence-electron chi connectivity index (χ4n) is 1.98. The SMILES string of the molecule is Cc1cc(N(C)CCC(F)(F)F)c(CNCC(C)C)cn1. The topological polar surface area (TPSA) is 28.2 Å². The van der Waals surface area contributed by atoms with E-state index in [1.54, 1.807) is 18.1 Å². The van der Waals surface area contributed by atoms with Crippen LogP contribution in [0.2, 0.25) is 0 Å². The summed E-state index contributed by atoms with van der Waals surface area (Å²) in [5.41, 5.74) is 2.53. The third kappa shape index (κ3) is 6.80. The molecule has 6 heteroatoms. The van der Waals surface area contributed by atoms with Gasteiger partial charge in [-0.15, -0.1) is 0 Å². The van der Waals surface area contributed by atoms with Crippen molar-refractivity contribution in [1.29, 1.82) is 0 Å². The van der Waals surface area contributed by atoms with E-state index >= 15 is 0 Å². The zero-order chi connectivity index (χ0) is 16.0. The maximum absolute atomic E-state index is 12.4. The highest BCUT2D eigenvalue weighted by molar-refractivity contribution is 5.53. The Kier molecular flexibility index (Phi) is 6.45. The maximum atomic E-state index is 12.4. The van der Waals surface area contributed by atoms with Crippen molar-refractivity contribution in [3.8, 4) is 0 Å². The minimum Gasteiger partial charge on any atom is -0.374 e. The van der Waals surface area contributed by atoms with Crippen molar-refractivity contribution >= 4 is 5.69 Å². The summed E-state index contributed by atoms with van der Waals surface area (Å²) in [7, 11) is 1.69. The van der Waals surface area contributed by atoms with Gasteiger partial charge in [0.25, 0.3) is 0 Å². The lowest BCUT2D eigenvalue weighted by Gasteiger charge is -2.23. The van der Waals surface area contributed by atoms with Crippen LogP contribution in [-0.4, -0.2) is 31.3 Å². The van der Waals surface area contributed by atoms with Crippen LogP contribution >= 0.6 is 0 Å². The lowest BCUT2D eigenvalue weighted by molar-refractivity contribution is -0.132. The van der Waals surface area contributed by atoms with Crippen LogP contribution in [0, 0.1) is 12.8 Å². The summed E-state index contributed by atoms with van der Waals surface area (Å²) in [6, 6.07) is 1.84. The first-order chi connectivity index (χ1) is 9.69. The van der Waals surface area contributed by atoms with Crippen molar-refractivity contribution in [3.05, 3.63) is 23.5 Å². The van der Waals surface area contributed by atoms with Crippen LogP contribution < -0.4 is 10.2 Å². The van der Waals surface area contributed by atoms with E-state index in [4.69, 9.17) is 0 Å². The van der Waals surface area contributed by atoms with Crippen molar-refractivity contribution in [2.75, 3.05) is 25.0 Å². The molecule has 0 aliphatic rings. The van der Waals surface area contributed by atoms with E-state index in [1.165, 1.54) is 0 Å². The predicted octanol–water partition coefficient (Wildman–Crippen LogP) is 3.52. The first-order valence-corrected chi connectivity index (χ1v) is 7.13. The molecule has 0 saturated carbocycles. The van der Waals surface area contributed by atoms with E-state index in [9.17, 15) is 13.2 Å². The van der Waals surface area contributed by atoms with E-state index in [0.29, 0.717) is 12.5 Å². The van der Waals surface area contributed by atoms with Gasteiger partial charge in [-0.25, -0.2) is 0 Å². The van der Waals surface area contributed by atoms with Crippen LogP contribution in [0.25, 0.3) is 0 Å². The molecule has 1 N–H and O–H groups in total. The molecule has 0 atom stereocenters. The van der Waals surface area contributed by atoms with Gasteiger partial charge in [-0.05, 0) is 25.5 Å². The second-order valence-corrected chi connectivity index (χ2v) is 5.77. The molecule has 0 spiro atoms. The molecule has 0 aliphatic heterocycles. The third-order valence-electron chi connectivity index (χ3n) is 3.11. The number of rotatable bonds is 7. The number of halogens is 3. The Morgan fingerprint density at radius 3 is 2.57 bits per heavy atom. The lowest BCUT2D eigenvalue weighted by atomic mass is 10.1. The molecule has 0 amide bonds. The molecule has 3 nitrogen and oxygen atoms in total. The van der Waals surface area contributed by atoms with Gasteiger partial charge in [0.1, 0.15) is 0 Å². The average Bonchev–Trinajstić information content (AvgIpc) is 2.36. The van der Waals surface area contributed by atoms with E-state index in [1.807, 2.05) is 13.0 Å². The van der Waals surface area contributed by atoms with Gasteiger partial charge in [0.2, 0.25) is 0 Å². The van der Waals surface area contributed by atoms with Crippen molar-refractivity contribution < 1.29 is 13.2 Å². The molecule has 21 heavy (non-hydrogen) atoms. The monoisotopic (exact) mass is 303 g/mol. The van der Waals surface area contributed by atoms with Gasteiger partial charge in [-0.3, -0.25) is 4.98 Å². The van der Waals surface area contributed by atoms with Gasteiger partial charge in [-0.1, -0.05) is 13.8 Å². The van der Waals surface area contributed by atoms with Crippen molar-refractivity contribution in [2.45, 2.75) is 39.9 Å². The highest BCUT2D eigenvalue weighted by Gasteiger charge is 2.27. The molecule has 120 valence electrons. The van der Waals surface area contributed by atoms with Crippen LogP contribution in [0.5, 0.6) is 0 Å². The fourth-order valence-corrected chi connectivity index (χ4v) is 1.98. The Balaban J connectivity index is 2.76. The quantitative estimate of drug-likeness (QED) is 0.835. The van der Waals surface area contributed by atoms with Crippen molar-refractivity contribution in [2.24, 2.45) is 5.92 Å². The molecular weight excluding hydrogens is 279 g/mol. The Morgan fingerprint density at radius 1 is 1.33 bits per heavy atom. The average molecular weight is 303 g/mol. The van der Waals surface area contributed by atoms with Crippen LogP contribution in [0.15, 0.2) is 12.3 Å². The van der Waals surface area contributed by atoms with Gasteiger partial charge in [0.05, 0.1) is 6.42 Å². The minimum absolute atomic E-state index is 0.0515. The number of nitrogens with zero attached hydrogens (tertiary/aromatic N) is 2. The summed E-state index contributed by atoms with van der Waals surface area (Å²) in [5.74, 6) is 0.523. The standard InChI is InChI=1S/C15H24F3N3/c1-11(2)8-19-9-13-10-20-12(3)7-14(13)21(4)6-5-15(16,17)18/h7,10-11,19H,5-6,8-9H2,1-4H3. The number of hydrogen-bond donors (Lipinski definition) is 1. The predicted molar refractivity (Wildman–Crippen MR) is 79.5 cm³/mol. The highest BCUT2D eigenvalue weighted by Crippen LogP contribution is 2.24. The van der Waals surface area contributed by atoms with E-state index in [-0.39, 0.29) is 6.54 Å². The van der Waals surface area contributed by atoms with Crippen molar-refractivity contribution in [3.63, 3.8) is 0 Å². The minimum atomic E-state index is -4.13. The second-order valence-electron chi connectivity index (χ2n) is 5.77. The molecule has 0 aliphatic carbocycles. The van der Waals surface area contributed by atoms with Crippen LogP contribution in [-0.2, 0) is 6.54 Å². The maximum Gasteiger partial charge on any atom is 0.390 e. The molecule has 1 heterocycles. The second kappa shape index (κ2) is 7.64. The Labute approximate surface area is 124 Å². The third-order valence-corrected chi connectivity index (χ3v) is 3.11. The zero-order valence-corrected chi connectivity index (χ0v) is 13.1. The largest absolute Gasteiger partial charge is 0.390 e. The summed E-state index contributed by atoms with van der Waals surface area (Å²) in [6.07, 6.45) is -3.21. The van der Waals surface area contributed by atoms with Gasteiger partial charge in [0, 0.05) is 43.3 Å². The number of pyridine rings is 1. The molecular formula is C15H24F3N3. The molecule has 0 aromatic carbocycles. The summed E-state index contributed by atoms with van der Waals surface area (Å²) >= 11 is 0. The molecule has 0 fully saturated rings. The summed E-state index contributed by atoms with van der Waals surface area (Å²) in [4.78, 5) is 5.89. The molecule has 1 aromatic rings. The fraction of sp³-hybridized carbons (Fsp3) is 0.667. The van der Waals surface area contributed by atoms with E-state index in [0.717, 1.165) is 23.5 Å². The van der Waals surface area contributed by atoms with Gasteiger partial charge >= 0.3 is 6.18 Å². The molecule has 1 rings (SSSR count). The van der Waals surface area contributed by atoms with E-state index < -0.39 is 12.6 Å². The van der Waals surface area contributed by atoms with Crippen LogP contribution in [0.3, 0.4) is 0 Å². The first-order valence-electron chi connectivity index (χ1n) is 7.13. The smallest absolute Gasteiger partial charge is 0.374 e. The molecule has 0 unspecified atom stereocenters. The van der Waals surface area contributed by atoms with Gasteiger partial charge < -0.3 is 10.2 Å². The van der Waals surface area contributed by atoms with Crippen LogP contribution in [0.4, 0.5) is 18.9 Å². The Bertz CT molecular complexity index is 444. The summed E-state index contributed by atoms with van der Waals surface area (Å²) < 4.78 is 37.1. The summed E-state index contributed by atoms with van der Waals surface area (Å²) in [6.45, 7) is 7.47. The van der Waals surface area contributed by atoms with Crippen LogP contribution in [0.1, 0.15) is 31.5 Å². The molecule has 0 bridgehead atoms. The lowest BCUT2D eigenvalue weighted by Crippen LogP contribution is -2.26. The first kappa shape index (κ1) is 17.8. The molecule has 0 saturated heterocycles. The molecule has 1 aromatic heterocycles. The number of nitrogens with one attached hydrogen (secondary N) is 1. The van der Waals surface area contributed by atoms with E-state index in [2.05, 4.69) is 24.1 Å². The summed E-state index contributed by atoms with van der Waals surface area (Å²) in [5, 5.41) is 3.30. The molecule has 0 radical (unpaired) electrons. The van der Waals surface area contributed by atoms with Gasteiger partial charge in [-0.2, -0.15) is 13.2 Å². The normalized spacial score (nSPS) is 12.0. The number of aromatic nitrogens is 1. The van der Waals surface area contributed by atoms with Gasteiger partial charge in [0.15, 0.2) is 0 Å². The Hall–Kier alpha value is -1.30. The zero-order valence-electron chi connectivity index (χ0n) is 13.1. The number of anilines is 1. The number of alkyl halides is 3. The van der Waals surface area contributed by atoms with Crippen molar-refractivity contribution in [1.82, 2.24) is 10.3 Å². The number of hydrogen-bond acceptors (Lipinski definition) is 3. The Morgan fingerprint density at radius 2 is 2.00 bits per heavy atom. The number of aryl methyl sites for hydroxylation is 1. The highest BCUT2D eigenvalue weighted by atomic mass is 19.4.